The lowest BCUT2D eigenvalue weighted by molar-refractivity contribution is -0.128. The molecule has 1 N–H and O–H groups in total. The Labute approximate surface area is 175 Å². The van der Waals surface area contributed by atoms with Crippen molar-refractivity contribution in [2.45, 2.75) is 32.9 Å². The number of nitrogens with zero attached hydrogens (tertiary/aromatic N) is 2. The normalized spacial score (nSPS) is 11.6. The minimum absolute atomic E-state index is 0.0953. The molecule has 1 amide bonds. The third-order valence-corrected chi connectivity index (χ3v) is 4.49. The number of aryl methyl sites for hydroxylation is 1. The number of aromatic nitrogens is 2. The summed E-state index contributed by atoms with van der Waals surface area (Å²) in [5.41, 5.74) is 1.79. The Hall–Kier alpha value is -3.55. The Morgan fingerprint density at radius 2 is 1.83 bits per heavy atom. The quantitative estimate of drug-likeness (QED) is 0.575. The molecule has 1 unspecified atom stereocenters. The SMILES string of the molecule is CCC(Oc1ccc(C)cc1)C(=O)NCc1nc(-c2ccc(OC)cc2OC)no1. The Morgan fingerprint density at radius 1 is 1.10 bits per heavy atom. The first kappa shape index (κ1) is 21.2. The molecular formula is C22H25N3O5. The van der Waals surface area contributed by atoms with Crippen molar-refractivity contribution >= 4 is 5.91 Å². The molecule has 1 atom stereocenters. The summed E-state index contributed by atoms with van der Waals surface area (Å²) in [6.45, 7) is 3.98. The van der Waals surface area contributed by atoms with Crippen molar-refractivity contribution < 1.29 is 23.5 Å². The number of carbonyl (C=O) groups is 1. The second-order valence-corrected chi connectivity index (χ2v) is 6.62. The van der Waals surface area contributed by atoms with Gasteiger partial charge in [-0.25, -0.2) is 0 Å². The van der Waals surface area contributed by atoms with Crippen molar-refractivity contribution in [2.24, 2.45) is 0 Å². The van der Waals surface area contributed by atoms with Crippen LogP contribution in [-0.4, -0.2) is 36.4 Å². The van der Waals surface area contributed by atoms with Crippen molar-refractivity contribution in [3.63, 3.8) is 0 Å². The van der Waals surface area contributed by atoms with Crippen LogP contribution in [0.1, 0.15) is 24.8 Å². The summed E-state index contributed by atoms with van der Waals surface area (Å²) in [4.78, 5) is 16.8. The van der Waals surface area contributed by atoms with E-state index in [9.17, 15) is 4.79 Å². The van der Waals surface area contributed by atoms with Gasteiger partial charge in [0.05, 0.1) is 26.3 Å². The van der Waals surface area contributed by atoms with E-state index < -0.39 is 6.10 Å². The minimum atomic E-state index is -0.614. The summed E-state index contributed by atoms with van der Waals surface area (Å²) in [5, 5.41) is 6.76. The van der Waals surface area contributed by atoms with Crippen LogP contribution in [0.5, 0.6) is 17.2 Å². The van der Waals surface area contributed by atoms with E-state index in [2.05, 4.69) is 15.5 Å². The molecule has 158 valence electrons. The smallest absolute Gasteiger partial charge is 0.261 e. The maximum Gasteiger partial charge on any atom is 0.261 e. The summed E-state index contributed by atoms with van der Waals surface area (Å²) in [6.07, 6.45) is -0.0885. The summed E-state index contributed by atoms with van der Waals surface area (Å²) in [6, 6.07) is 12.9. The number of hydrogen-bond donors (Lipinski definition) is 1. The summed E-state index contributed by atoms with van der Waals surface area (Å²) in [5.74, 6) is 2.26. The highest BCUT2D eigenvalue weighted by molar-refractivity contribution is 5.81. The fraction of sp³-hybridized carbons (Fsp3) is 0.318. The number of methoxy groups -OCH3 is 2. The molecule has 3 rings (SSSR count). The molecule has 8 nitrogen and oxygen atoms in total. The van der Waals surface area contributed by atoms with E-state index in [1.165, 1.54) is 0 Å². The van der Waals surface area contributed by atoms with Crippen LogP contribution in [0.15, 0.2) is 47.0 Å². The standard InChI is InChI=1S/C22H25N3O5/c1-5-18(29-15-8-6-14(2)7-9-15)22(26)23-13-20-24-21(25-30-20)17-11-10-16(27-3)12-19(17)28-4/h6-12,18H,5,13H2,1-4H3,(H,23,26). The van der Waals surface area contributed by atoms with Gasteiger partial charge in [0.2, 0.25) is 11.7 Å². The molecule has 0 spiro atoms. The molecule has 0 aliphatic heterocycles. The maximum absolute atomic E-state index is 12.5. The molecule has 1 aromatic heterocycles. The minimum Gasteiger partial charge on any atom is -0.497 e. The van der Waals surface area contributed by atoms with Gasteiger partial charge in [0.15, 0.2) is 6.10 Å². The van der Waals surface area contributed by atoms with Crippen molar-refractivity contribution in [1.29, 1.82) is 0 Å². The van der Waals surface area contributed by atoms with Crippen LogP contribution in [0.3, 0.4) is 0 Å². The third kappa shape index (κ3) is 5.08. The van der Waals surface area contributed by atoms with E-state index in [1.54, 1.807) is 32.4 Å². The van der Waals surface area contributed by atoms with E-state index in [0.717, 1.165) is 5.56 Å². The average molecular weight is 411 g/mol. The van der Waals surface area contributed by atoms with Crippen LogP contribution in [0.25, 0.3) is 11.4 Å². The molecule has 0 saturated heterocycles. The molecular weight excluding hydrogens is 386 g/mol. The van der Waals surface area contributed by atoms with Gasteiger partial charge < -0.3 is 24.1 Å². The highest BCUT2D eigenvalue weighted by Crippen LogP contribution is 2.31. The zero-order chi connectivity index (χ0) is 21.5. The first-order valence-electron chi connectivity index (χ1n) is 9.60. The average Bonchev–Trinajstić information content (AvgIpc) is 3.25. The molecule has 0 aliphatic rings. The van der Waals surface area contributed by atoms with E-state index in [-0.39, 0.29) is 18.3 Å². The van der Waals surface area contributed by atoms with Crippen molar-refractivity contribution in [3.8, 4) is 28.6 Å². The van der Waals surface area contributed by atoms with E-state index in [4.69, 9.17) is 18.7 Å². The molecule has 0 aliphatic carbocycles. The van der Waals surface area contributed by atoms with Gasteiger partial charge in [-0.05, 0) is 37.6 Å². The van der Waals surface area contributed by atoms with Crippen LogP contribution in [0.2, 0.25) is 0 Å². The Bertz CT molecular complexity index is 985. The Morgan fingerprint density at radius 3 is 2.50 bits per heavy atom. The predicted molar refractivity (Wildman–Crippen MR) is 111 cm³/mol. The van der Waals surface area contributed by atoms with Gasteiger partial charge in [-0.2, -0.15) is 4.98 Å². The Balaban J connectivity index is 1.63. The lowest BCUT2D eigenvalue weighted by atomic mass is 10.2. The van der Waals surface area contributed by atoms with Crippen LogP contribution in [0.4, 0.5) is 0 Å². The van der Waals surface area contributed by atoms with Crippen LogP contribution >= 0.6 is 0 Å². The number of benzene rings is 2. The van der Waals surface area contributed by atoms with E-state index >= 15 is 0 Å². The van der Waals surface area contributed by atoms with E-state index in [0.29, 0.717) is 35.1 Å². The van der Waals surface area contributed by atoms with Crippen LogP contribution in [-0.2, 0) is 11.3 Å². The monoisotopic (exact) mass is 411 g/mol. The van der Waals surface area contributed by atoms with Crippen molar-refractivity contribution in [3.05, 3.63) is 53.9 Å². The first-order chi connectivity index (χ1) is 14.5. The van der Waals surface area contributed by atoms with Gasteiger partial charge in [-0.1, -0.05) is 29.8 Å². The lowest BCUT2D eigenvalue weighted by Crippen LogP contribution is -2.37. The van der Waals surface area contributed by atoms with Crippen LogP contribution < -0.4 is 19.5 Å². The van der Waals surface area contributed by atoms with Gasteiger partial charge in [0.25, 0.3) is 5.91 Å². The predicted octanol–water partition coefficient (Wildman–Crippen LogP) is 3.54. The molecule has 3 aromatic rings. The Kier molecular flexibility index (Phi) is 6.90. The van der Waals surface area contributed by atoms with Gasteiger partial charge >= 0.3 is 0 Å². The second kappa shape index (κ2) is 9.78. The summed E-state index contributed by atoms with van der Waals surface area (Å²) in [7, 11) is 3.13. The fourth-order valence-electron chi connectivity index (χ4n) is 2.80. The molecule has 0 radical (unpaired) electrons. The fourth-order valence-corrected chi connectivity index (χ4v) is 2.80. The van der Waals surface area contributed by atoms with Crippen LogP contribution in [0, 0.1) is 6.92 Å². The lowest BCUT2D eigenvalue weighted by Gasteiger charge is -2.16. The maximum atomic E-state index is 12.5. The van der Waals surface area contributed by atoms with Gasteiger partial charge in [0.1, 0.15) is 17.2 Å². The number of rotatable bonds is 9. The molecule has 2 aromatic carbocycles. The number of hydrogen-bond acceptors (Lipinski definition) is 7. The van der Waals surface area contributed by atoms with Gasteiger partial charge in [0, 0.05) is 6.07 Å². The third-order valence-electron chi connectivity index (χ3n) is 4.49. The summed E-state index contributed by atoms with van der Waals surface area (Å²) < 4.78 is 21.6. The topological polar surface area (TPSA) is 95.7 Å². The van der Waals surface area contributed by atoms with E-state index in [1.807, 2.05) is 38.1 Å². The molecule has 8 heteroatoms. The molecule has 0 saturated carbocycles. The first-order valence-corrected chi connectivity index (χ1v) is 9.60. The second-order valence-electron chi connectivity index (χ2n) is 6.62. The zero-order valence-electron chi connectivity index (χ0n) is 17.5. The molecule has 30 heavy (non-hydrogen) atoms. The number of amides is 1. The number of nitrogens with one attached hydrogen (secondary N) is 1. The molecule has 0 fully saturated rings. The summed E-state index contributed by atoms with van der Waals surface area (Å²) >= 11 is 0. The van der Waals surface area contributed by atoms with Crippen molar-refractivity contribution in [2.75, 3.05) is 14.2 Å². The number of carbonyl (C=O) groups excluding carboxylic acids is 1. The number of ether oxygens (including phenoxy) is 3. The molecule has 0 bridgehead atoms. The largest absolute Gasteiger partial charge is 0.497 e. The van der Waals surface area contributed by atoms with Gasteiger partial charge in [-0.15, -0.1) is 0 Å². The van der Waals surface area contributed by atoms with Gasteiger partial charge in [-0.3, -0.25) is 4.79 Å². The van der Waals surface area contributed by atoms with Crippen molar-refractivity contribution in [1.82, 2.24) is 15.5 Å². The highest BCUT2D eigenvalue weighted by atomic mass is 16.5. The zero-order valence-corrected chi connectivity index (χ0v) is 17.5. The molecule has 1 heterocycles. The highest BCUT2D eigenvalue weighted by Gasteiger charge is 2.20.